The largest absolute Gasteiger partial charge is 0.462 e. The molecule has 0 bridgehead atoms. The fourth-order valence-corrected chi connectivity index (χ4v) is 5.66. The number of hydrogen-bond donors (Lipinski definition) is 0. The first kappa shape index (κ1) is 28.6. The van der Waals surface area contributed by atoms with Crippen molar-refractivity contribution in [3.05, 3.63) is 116 Å². The van der Waals surface area contributed by atoms with Crippen LogP contribution in [0.15, 0.2) is 88.3 Å². The van der Waals surface area contributed by atoms with Crippen LogP contribution in [0.3, 0.4) is 0 Å². The Kier molecular flexibility index (Phi) is 9.29. The van der Waals surface area contributed by atoms with Gasteiger partial charge in [-0.15, -0.1) is 9.46 Å². The van der Waals surface area contributed by atoms with Crippen molar-refractivity contribution in [3.63, 3.8) is 0 Å². The van der Waals surface area contributed by atoms with Crippen LogP contribution in [-0.4, -0.2) is 21.7 Å². The van der Waals surface area contributed by atoms with Crippen LogP contribution in [0.1, 0.15) is 34.0 Å². The molecule has 0 aliphatic carbocycles. The second-order valence-electron chi connectivity index (χ2n) is 8.63. The van der Waals surface area contributed by atoms with Gasteiger partial charge < -0.3 is 4.74 Å². The second-order valence-corrected chi connectivity index (χ2v) is 11.3. The molecule has 0 fully saturated rings. The van der Waals surface area contributed by atoms with E-state index in [9.17, 15) is 23.2 Å². The number of rotatable bonds is 11. The van der Waals surface area contributed by atoms with Crippen molar-refractivity contribution in [2.45, 2.75) is 26.2 Å². The Hall–Kier alpha value is -3.37. The van der Waals surface area contributed by atoms with Gasteiger partial charge in [0.2, 0.25) is 0 Å². The summed E-state index contributed by atoms with van der Waals surface area (Å²) in [6.45, 7) is 2.50. The van der Waals surface area contributed by atoms with Gasteiger partial charge in [-0.2, -0.15) is 0 Å². The minimum absolute atomic E-state index is 0.158. The van der Waals surface area contributed by atoms with E-state index in [-0.39, 0.29) is 18.8 Å². The highest BCUT2D eigenvalue weighted by molar-refractivity contribution is 9.10. The summed E-state index contributed by atoms with van der Waals surface area (Å²) in [7, 11) is -4.57. The predicted molar refractivity (Wildman–Crippen MR) is 145 cm³/mol. The SMILES string of the molecule is CCOC(=O)c1ccc(-c2cn(Cc3ccccc3)c(=O)n2Cc2ccc(CP(=O)(OF)OF)c(Br)c2)cc1. The van der Waals surface area contributed by atoms with E-state index in [4.69, 9.17) is 4.74 Å². The zero-order valence-electron chi connectivity index (χ0n) is 20.8. The number of nitrogens with zero attached hydrogens (tertiary/aromatic N) is 2. The number of imidazole rings is 1. The Labute approximate surface area is 231 Å². The third-order valence-electron chi connectivity index (χ3n) is 5.97. The van der Waals surface area contributed by atoms with Crippen molar-refractivity contribution in [1.29, 1.82) is 0 Å². The average Bonchev–Trinajstić information content (AvgIpc) is 3.25. The molecule has 204 valence electrons. The summed E-state index contributed by atoms with van der Waals surface area (Å²) in [5.41, 5.74) is 3.39. The second kappa shape index (κ2) is 12.7. The van der Waals surface area contributed by atoms with Crippen LogP contribution in [0.4, 0.5) is 9.05 Å². The first-order valence-electron chi connectivity index (χ1n) is 11.9. The van der Waals surface area contributed by atoms with Crippen LogP contribution >= 0.6 is 23.5 Å². The molecule has 4 rings (SSSR count). The highest BCUT2D eigenvalue weighted by Crippen LogP contribution is 2.53. The van der Waals surface area contributed by atoms with E-state index in [1.165, 1.54) is 6.07 Å². The maximum Gasteiger partial charge on any atom is 0.399 e. The molecular formula is C27H24BrF2N2O6P. The van der Waals surface area contributed by atoms with E-state index >= 15 is 0 Å². The Morgan fingerprint density at radius 1 is 0.949 bits per heavy atom. The maximum absolute atomic E-state index is 13.5. The minimum Gasteiger partial charge on any atom is -0.462 e. The molecule has 0 atom stereocenters. The lowest BCUT2D eigenvalue weighted by atomic mass is 10.1. The average molecular weight is 621 g/mol. The lowest BCUT2D eigenvalue weighted by Crippen LogP contribution is -2.25. The molecule has 0 saturated carbocycles. The van der Waals surface area contributed by atoms with Gasteiger partial charge in [0.1, 0.15) is 0 Å². The maximum atomic E-state index is 13.5. The molecule has 8 nitrogen and oxygen atoms in total. The lowest BCUT2D eigenvalue weighted by molar-refractivity contribution is -0.0881. The summed E-state index contributed by atoms with van der Waals surface area (Å²) in [6.07, 6.45) is 1.12. The standard InChI is InChI=1S/C27H24BrF2N2O6P/c1-2-36-26(33)22-12-10-21(11-13-22)25-17-31(15-19-6-4-3-5-7-19)27(34)32(25)16-20-8-9-23(24(28)14-20)18-39(35,37-29)38-30/h3-14,17H,2,15-16,18H2,1H3. The van der Waals surface area contributed by atoms with Crippen LogP contribution < -0.4 is 5.69 Å². The molecule has 1 heterocycles. The Morgan fingerprint density at radius 3 is 2.26 bits per heavy atom. The van der Waals surface area contributed by atoms with Gasteiger partial charge in [-0.3, -0.25) is 13.7 Å². The third-order valence-corrected chi connectivity index (χ3v) is 7.85. The first-order valence-corrected chi connectivity index (χ1v) is 14.4. The van der Waals surface area contributed by atoms with Crippen LogP contribution in [0.2, 0.25) is 0 Å². The molecule has 0 unspecified atom stereocenters. The normalized spacial score (nSPS) is 11.5. The molecule has 0 radical (unpaired) electrons. The Balaban J connectivity index is 1.70. The number of ether oxygens (including phenoxy) is 1. The minimum atomic E-state index is -4.57. The summed E-state index contributed by atoms with van der Waals surface area (Å²) in [6, 6.07) is 21.1. The Morgan fingerprint density at radius 2 is 1.64 bits per heavy atom. The summed E-state index contributed by atoms with van der Waals surface area (Å²) in [5.74, 6) is -0.436. The van der Waals surface area contributed by atoms with Crippen LogP contribution in [0.5, 0.6) is 0 Å². The number of carbonyl (C=O) groups excluding carboxylic acids is 1. The zero-order chi connectivity index (χ0) is 28.0. The molecule has 0 spiro atoms. The van der Waals surface area contributed by atoms with E-state index in [1.54, 1.807) is 58.7 Å². The molecule has 0 amide bonds. The number of benzene rings is 3. The summed E-state index contributed by atoms with van der Waals surface area (Å²) < 4.78 is 52.0. The van der Waals surface area contributed by atoms with Crippen molar-refractivity contribution < 1.29 is 32.6 Å². The van der Waals surface area contributed by atoms with Gasteiger partial charge in [0.05, 0.1) is 37.1 Å². The molecule has 12 heteroatoms. The van der Waals surface area contributed by atoms with Crippen LogP contribution in [0, 0.1) is 0 Å². The molecule has 3 aromatic carbocycles. The molecular weight excluding hydrogens is 597 g/mol. The highest BCUT2D eigenvalue weighted by atomic mass is 79.9. The number of esters is 1. The molecule has 0 N–H and O–H groups in total. The van der Waals surface area contributed by atoms with Gasteiger partial charge in [0.15, 0.2) is 0 Å². The molecule has 39 heavy (non-hydrogen) atoms. The fourth-order valence-electron chi connectivity index (χ4n) is 4.07. The van der Waals surface area contributed by atoms with E-state index < -0.39 is 19.7 Å². The van der Waals surface area contributed by atoms with Crippen molar-refractivity contribution in [3.8, 4) is 11.3 Å². The van der Waals surface area contributed by atoms with Crippen molar-refractivity contribution in [2.24, 2.45) is 0 Å². The molecule has 4 aromatic rings. The van der Waals surface area contributed by atoms with Crippen LogP contribution in [-0.2, 0) is 38.0 Å². The first-order chi connectivity index (χ1) is 18.8. The van der Waals surface area contributed by atoms with Gasteiger partial charge in [-0.05, 0) is 56.4 Å². The number of carbonyl (C=O) groups is 1. The van der Waals surface area contributed by atoms with Crippen molar-refractivity contribution >= 4 is 29.5 Å². The van der Waals surface area contributed by atoms with Gasteiger partial charge >= 0.3 is 19.3 Å². The molecule has 0 aliphatic heterocycles. The molecule has 0 saturated heterocycles. The van der Waals surface area contributed by atoms with Gasteiger partial charge in [0, 0.05) is 10.7 Å². The summed E-state index contributed by atoms with van der Waals surface area (Å²) in [5, 5.41) is 0. The number of halogens is 3. The fraction of sp³-hybridized carbons (Fsp3) is 0.185. The highest BCUT2D eigenvalue weighted by Gasteiger charge is 2.29. The number of aromatic nitrogens is 2. The number of hydrogen-bond acceptors (Lipinski definition) is 6. The van der Waals surface area contributed by atoms with Gasteiger partial charge in [-0.1, -0.05) is 70.5 Å². The summed E-state index contributed by atoms with van der Waals surface area (Å²) >= 11 is 3.32. The monoisotopic (exact) mass is 620 g/mol. The molecule has 1 aromatic heterocycles. The quantitative estimate of drug-likeness (QED) is 0.135. The van der Waals surface area contributed by atoms with E-state index in [0.29, 0.717) is 39.0 Å². The van der Waals surface area contributed by atoms with Crippen LogP contribution in [0.25, 0.3) is 11.3 Å². The smallest absolute Gasteiger partial charge is 0.399 e. The van der Waals surface area contributed by atoms with E-state index in [0.717, 1.165) is 5.56 Å². The zero-order valence-corrected chi connectivity index (χ0v) is 23.2. The topological polar surface area (TPSA) is 88.8 Å². The molecule has 0 aliphatic rings. The van der Waals surface area contributed by atoms with Gasteiger partial charge in [-0.25, -0.2) is 9.59 Å². The van der Waals surface area contributed by atoms with E-state index in [2.05, 4.69) is 25.4 Å². The summed E-state index contributed by atoms with van der Waals surface area (Å²) in [4.78, 5) is 25.6. The van der Waals surface area contributed by atoms with Crippen molar-refractivity contribution in [2.75, 3.05) is 6.61 Å². The Bertz CT molecular complexity index is 1550. The van der Waals surface area contributed by atoms with E-state index in [1.807, 2.05) is 30.3 Å². The lowest BCUT2D eigenvalue weighted by Gasteiger charge is -2.12. The van der Waals surface area contributed by atoms with Gasteiger partial charge in [0.25, 0.3) is 0 Å². The third kappa shape index (κ3) is 6.80. The van der Waals surface area contributed by atoms with Crippen molar-refractivity contribution in [1.82, 2.24) is 9.13 Å². The predicted octanol–water partition coefficient (Wildman–Crippen LogP) is 6.85.